The van der Waals surface area contributed by atoms with Crippen LogP contribution in [-0.2, 0) is 10.0 Å². The molecule has 6 nitrogen and oxygen atoms in total. The van der Waals surface area contributed by atoms with E-state index in [1.807, 2.05) is 0 Å². The van der Waals surface area contributed by atoms with E-state index < -0.39 is 10.0 Å². The lowest BCUT2D eigenvalue weighted by molar-refractivity contribution is 0.0750. The fraction of sp³-hybridized carbons (Fsp3) is 0.706. The fourth-order valence-corrected chi connectivity index (χ4v) is 5.20. The van der Waals surface area contributed by atoms with Crippen molar-refractivity contribution in [2.24, 2.45) is 5.92 Å². The zero-order valence-electron chi connectivity index (χ0n) is 14.6. The molecule has 0 N–H and O–H groups in total. The summed E-state index contributed by atoms with van der Waals surface area (Å²) in [5.41, 5.74) is 0. The first-order valence-electron chi connectivity index (χ1n) is 8.79. The van der Waals surface area contributed by atoms with Gasteiger partial charge in [0.15, 0.2) is 0 Å². The Bertz CT molecular complexity index is 629. The van der Waals surface area contributed by atoms with Gasteiger partial charge in [-0.1, -0.05) is 0 Å². The van der Waals surface area contributed by atoms with Gasteiger partial charge in [0, 0.05) is 57.7 Å². The van der Waals surface area contributed by atoms with Gasteiger partial charge < -0.3 is 4.90 Å². The highest BCUT2D eigenvalue weighted by Gasteiger charge is 2.31. The Kier molecular flexibility index (Phi) is 5.54. The number of aromatic nitrogens is 1. The number of nitrogens with zero attached hydrogens (tertiary/aromatic N) is 4. The van der Waals surface area contributed by atoms with Gasteiger partial charge in [-0.15, -0.1) is 0 Å². The molecule has 0 aliphatic carbocycles. The molecule has 0 aromatic carbocycles. The number of piperazine rings is 1. The molecule has 0 saturated carbocycles. The summed E-state index contributed by atoms with van der Waals surface area (Å²) in [6.45, 7) is 7.97. The number of sulfonamides is 1. The second kappa shape index (κ2) is 7.47. The molecule has 3 rings (SSSR count). The third kappa shape index (κ3) is 3.96. The molecule has 2 saturated heterocycles. The number of pyridine rings is 1. The first-order valence-corrected chi connectivity index (χ1v) is 10.2. The Hall–Kier alpha value is -1.02. The van der Waals surface area contributed by atoms with E-state index in [2.05, 4.69) is 28.8 Å². The summed E-state index contributed by atoms with van der Waals surface area (Å²) in [4.78, 5) is 9.18. The van der Waals surface area contributed by atoms with Gasteiger partial charge in [0.1, 0.15) is 4.90 Å². The average Bonchev–Trinajstić information content (AvgIpc) is 2.59. The van der Waals surface area contributed by atoms with Crippen molar-refractivity contribution in [3.8, 4) is 0 Å². The minimum Gasteiger partial charge on any atom is -0.304 e. The largest absolute Gasteiger partial charge is 0.304 e. The molecule has 7 heteroatoms. The minimum atomic E-state index is -3.39. The number of hydrogen-bond donors (Lipinski definition) is 0. The SMILES string of the molecule is CC1CN(C)CCN1CC1CCN(S(=O)(=O)c2cccnc2)CC1. The van der Waals surface area contributed by atoms with Crippen molar-refractivity contribution >= 4 is 10.0 Å². The number of piperidine rings is 1. The van der Waals surface area contributed by atoms with E-state index in [-0.39, 0.29) is 0 Å². The molecule has 1 unspecified atom stereocenters. The van der Waals surface area contributed by atoms with Crippen molar-refractivity contribution < 1.29 is 8.42 Å². The zero-order valence-corrected chi connectivity index (χ0v) is 15.5. The molecular formula is C17H28N4O2S. The molecule has 134 valence electrons. The Balaban J connectivity index is 1.54. The summed E-state index contributed by atoms with van der Waals surface area (Å²) in [6.07, 6.45) is 4.92. The van der Waals surface area contributed by atoms with Crippen LogP contribution in [0.2, 0.25) is 0 Å². The molecule has 0 spiro atoms. The number of rotatable bonds is 4. The molecule has 1 aromatic rings. The molecule has 1 atom stereocenters. The molecule has 2 fully saturated rings. The van der Waals surface area contributed by atoms with Gasteiger partial charge in [-0.2, -0.15) is 4.31 Å². The molecule has 0 amide bonds. The monoisotopic (exact) mass is 352 g/mol. The highest BCUT2D eigenvalue weighted by Crippen LogP contribution is 2.25. The summed E-state index contributed by atoms with van der Waals surface area (Å²) >= 11 is 0. The summed E-state index contributed by atoms with van der Waals surface area (Å²) in [5.74, 6) is 0.594. The Morgan fingerprint density at radius 3 is 2.58 bits per heavy atom. The van der Waals surface area contributed by atoms with E-state index in [0.29, 0.717) is 29.9 Å². The molecule has 24 heavy (non-hydrogen) atoms. The molecular weight excluding hydrogens is 324 g/mol. The van der Waals surface area contributed by atoms with E-state index in [9.17, 15) is 8.42 Å². The predicted molar refractivity (Wildman–Crippen MR) is 94.3 cm³/mol. The third-order valence-corrected chi connectivity index (χ3v) is 7.19. The lowest BCUT2D eigenvalue weighted by Gasteiger charge is -2.41. The normalized spacial score (nSPS) is 25.8. The van der Waals surface area contributed by atoms with Crippen LogP contribution in [0.25, 0.3) is 0 Å². The lowest BCUT2D eigenvalue weighted by Crippen LogP contribution is -2.52. The highest BCUT2D eigenvalue weighted by molar-refractivity contribution is 7.89. The van der Waals surface area contributed by atoms with Crippen LogP contribution in [0.15, 0.2) is 29.4 Å². The van der Waals surface area contributed by atoms with Gasteiger partial charge in [-0.3, -0.25) is 9.88 Å². The van der Waals surface area contributed by atoms with Crippen molar-refractivity contribution in [3.63, 3.8) is 0 Å². The topological polar surface area (TPSA) is 56.8 Å². The molecule has 3 heterocycles. The van der Waals surface area contributed by atoms with Crippen LogP contribution < -0.4 is 0 Å². The number of hydrogen-bond acceptors (Lipinski definition) is 5. The quantitative estimate of drug-likeness (QED) is 0.813. The third-order valence-electron chi connectivity index (χ3n) is 5.31. The van der Waals surface area contributed by atoms with Gasteiger partial charge in [0.25, 0.3) is 0 Å². The van der Waals surface area contributed by atoms with Crippen molar-refractivity contribution in [1.29, 1.82) is 0 Å². The van der Waals surface area contributed by atoms with Crippen molar-refractivity contribution in [2.45, 2.75) is 30.7 Å². The first-order chi connectivity index (χ1) is 11.5. The van der Waals surface area contributed by atoms with Crippen LogP contribution in [0.3, 0.4) is 0 Å². The van der Waals surface area contributed by atoms with E-state index in [4.69, 9.17) is 0 Å². The molecule has 0 bridgehead atoms. The molecule has 1 aromatic heterocycles. The smallest absolute Gasteiger partial charge is 0.244 e. The van der Waals surface area contributed by atoms with Crippen LogP contribution in [0.1, 0.15) is 19.8 Å². The summed E-state index contributed by atoms with van der Waals surface area (Å²) < 4.78 is 26.9. The maximum atomic E-state index is 12.6. The van der Waals surface area contributed by atoms with Crippen LogP contribution in [0.5, 0.6) is 0 Å². The van der Waals surface area contributed by atoms with Gasteiger partial charge in [0.2, 0.25) is 10.0 Å². The standard InChI is InChI=1S/C17H28N4O2S/c1-15-13-19(2)10-11-20(15)14-16-5-8-21(9-6-16)24(22,23)17-4-3-7-18-12-17/h3-4,7,12,15-16H,5-6,8-11,13-14H2,1-2H3. The van der Waals surface area contributed by atoms with Gasteiger partial charge in [-0.25, -0.2) is 8.42 Å². The van der Waals surface area contributed by atoms with Crippen LogP contribution in [0, 0.1) is 5.92 Å². The maximum absolute atomic E-state index is 12.6. The van der Waals surface area contributed by atoms with Crippen molar-refractivity contribution in [1.82, 2.24) is 19.1 Å². The van der Waals surface area contributed by atoms with E-state index in [1.165, 1.54) is 6.20 Å². The maximum Gasteiger partial charge on any atom is 0.244 e. The number of likely N-dealkylation sites (N-methyl/N-ethyl adjacent to an activating group) is 1. The minimum absolute atomic E-state index is 0.302. The van der Waals surface area contributed by atoms with E-state index >= 15 is 0 Å². The van der Waals surface area contributed by atoms with Crippen molar-refractivity contribution in [2.75, 3.05) is 46.3 Å². The Morgan fingerprint density at radius 2 is 1.96 bits per heavy atom. The highest BCUT2D eigenvalue weighted by atomic mass is 32.2. The second-order valence-electron chi connectivity index (χ2n) is 7.14. The lowest BCUT2D eigenvalue weighted by atomic mass is 9.96. The van der Waals surface area contributed by atoms with Crippen molar-refractivity contribution in [3.05, 3.63) is 24.5 Å². The van der Waals surface area contributed by atoms with Gasteiger partial charge in [0.05, 0.1) is 0 Å². The zero-order chi connectivity index (χ0) is 17.2. The first kappa shape index (κ1) is 17.8. The average molecular weight is 353 g/mol. The second-order valence-corrected chi connectivity index (χ2v) is 9.08. The summed E-state index contributed by atoms with van der Waals surface area (Å²) in [7, 11) is -1.21. The Labute approximate surface area is 145 Å². The molecule has 0 radical (unpaired) electrons. The summed E-state index contributed by atoms with van der Waals surface area (Å²) in [6, 6.07) is 3.88. The van der Waals surface area contributed by atoms with Crippen LogP contribution in [-0.4, -0.2) is 79.9 Å². The van der Waals surface area contributed by atoms with E-state index in [1.54, 1.807) is 22.6 Å². The molecule has 2 aliphatic heterocycles. The fourth-order valence-electron chi connectivity index (χ4n) is 3.76. The van der Waals surface area contributed by atoms with Gasteiger partial charge >= 0.3 is 0 Å². The van der Waals surface area contributed by atoms with Crippen LogP contribution in [0.4, 0.5) is 0 Å². The molecule has 2 aliphatic rings. The van der Waals surface area contributed by atoms with Gasteiger partial charge in [-0.05, 0) is 44.9 Å². The Morgan fingerprint density at radius 1 is 1.21 bits per heavy atom. The summed E-state index contributed by atoms with van der Waals surface area (Å²) in [5, 5.41) is 0. The van der Waals surface area contributed by atoms with E-state index in [0.717, 1.165) is 39.0 Å². The van der Waals surface area contributed by atoms with Crippen LogP contribution >= 0.6 is 0 Å². The predicted octanol–water partition coefficient (Wildman–Crippen LogP) is 1.12.